The van der Waals surface area contributed by atoms with Gasteiger partial charge in [-0.2, -0.15) is 0 Å². The summed E-state index contributed by atoms with van der Waals surface area (Å²) in [6.07, 6.45) is 0. The molecule has 0 aliphatic rings. The van der Waals surface area contributed by atoms with E-state index in [2.05, 4.69) is 25.1 Å². The highest BCUT2D eigenvalue weighted by molar-refractivity contribution is 6.82. The largest absolute Gasteiger partial charge is 0.407 e. The molecule has 0 rings (SSSR count). The molecule has 0 spiro atoms. The fourth-order valence-electron chi connectivity index (χ4n) is 0.294. The van der Waals surface area contributed by atoms with Gasteiger partial charge in [-0.15, -0.1) is 5.50 Å². The zero-order valence-electron chi connectivity index (χ0n) is 6.19. The van der Waals surface area contributed by atoms with Crippen molar-refractivity contribution in [3.8, 4) is 5.50 Å². The summed E-state index contributed by atoms with van der Waals surface area (Å²) in [6.45, 7) is 7.04. The van der Waals surface area contributed by atoms with Crippen LogP contribution in [0.3, 0.4) is 0 Å². The molecule has 0 aromatic heterocycles. The lowest BCUT2D eigenvalue weighted by molar-refractivity contribution is 0.365. The van der Waals surface area contributed by atoms with E-state index in [4.69, 9.17) is 11.9 Å². The van der Waals surface area contributed by atoms with Crippen LogP contribution in [0.4, 0.5) is 0 Å². The lowest BCUT2D eigenvalue weighted by Crippen LogP contribution is -2.25. The van der Waals surface area contributed by atoms with Crippen molar-refractivity contribution >= 4 is 24.6 Å². The van der Waals surface area contributed by atoms with E-state index in [9.17, 15) is 0 Å². The van der Waals surface area contributed by atoms with Crippen LogP contribution in [-0.4, -0.2) is 31.2 Å². The van der Waals surface area contributed by atoms with E-state index >= 15 is 0 Å². The van der Waals surface area contributed by atoms with Crippen LogP contribution >= 0.6 is 0 Å². The molecule has 48 valence electrons. The Labute approximate surface area is 61.4 Å². The minimum atomic E-state index is -1.31. The standard InChI is InChI=1S/C5H11BOSi2/c1-9(2,3)7-4-5-8-6/h4H2,1-3H3. The summed E-state index contributed by atoms with van der Waals surface area (Å²) in [5.41, 5.74) is 2.92. The molecule has 0 aromatic carbocycles. The molecule has 1 nitrogen and oxygen atoms in total. The van der Waals surface area contributed by atoms with Crippen molar-refractivity contribution in [3.63, 3.8) is 0 Å². The Morgan fingerprint density at radius 1 is 1.56 bits per heavy atom. The molecule has 0 N–H and O–H groups in total. The lowest BCUT2D eigenvalue weighted by atomic mass is 10.8. The lowest BCUT2D eigenvalue weighted by Gasteiger charge is -2.13. The van der Waals surface area contributed by atoms with Gasteiger partial charge in [0.05, 0.1) is 6.61 Å². The molecular weight excluding hydrogens is 143 g/mol. The van der Waals surface area contributed by atoms with Crippen LogP contribution < -0.4 is 0 Å². The summed E-state index contributed by atoms with van der Waals surface area (Å²) in [5, 5.41) is 0. The molecule has 9 heavy (non-hydrogen) atoms. The predicted molar refractivity (Wildman–Crippen MR) is 44.7 cm³/mol. The summed E-state index contributed by atoms with van der Waals surface area (Å²) < 4.78 is 5.42. The first-order valence-electron chi connectivity index (χ1n) is 2.89. The molecule has 0 fully saturated rings. The monoisotopic (exact) mass is 154 g/mol. The van der Waals surface area contributed by atoms with Crippen LogP contribution in [-0.2, 0) is 4.43 Å². The number of hydrogen-bond donors (Lipinski definition) is 0. The molecule has 0 aliphatic heterocycles. The molecular formula is C5H11BOSi2. The average molecular weight is 154 g/mol. The van der Waals surface area contributed by atoms with E-state index < -0.39 is 8.32 Å². The van der Waals surface area contributed by atoms with Crippen LogP contribution in [0.5, 0.6) is 0 Å². The Bertz CT molecular complexity index is 130. The van der Waals surface area contributed by atoms with Crippen molar-refractivity contribution in [3.05, 3.63) is 0 Å². The van der Waals surface area contributed by atoms with Gasteiger partial charge in [0, 0.05) is 0 Å². The molecule has 0 heterocycles. The molecule has 0 saturated heterocycles. The number of hydrogen-bond acceptors (Lipinski definition) is 1. The molecule has 0 atom stereocenters. The van der Waals surface area contributed by atoms with Crippen molar-refractivity contribution in [2.24, 2.45) is 0 Å². The fourth-order valence-corrected chi connectivity index (χ4v) is 1.10. The van der Waals surface area contributed by atoms with Gasteiger partial charge >= 0.3 is 0 Å². The smallest absolute Gasteiger partial charge is 0.185 e. The third kappa shape index (κ3) is 8.24. The van der Waals surface area contributed by atoms with Gasteiger partial charge < -0.3 is 4.43 Å². The van der Waals surface area contributed by atoms with Gasteiger partial charge in [0.15, 0.2) is 8.32 Å². The van der Waals surface area contributed by atoms with Crippen molar-refractivity contribution in [1.29, 1.82) is 0 Å². The molecule has 0 aromatic rings. The van der Waals surface area contributed by atoms with Crippen molar-refractivity contribution in [2.75, 3.05) is 6.61 Å². The summed E-state index contributed by atoms with van der Waals surface area (Å²) in [4.78, 5) is 0. The first-order valence-corrected chi connectivity index (χ1v) is 7.37. The maximum Gasteiger partial charge on any atom is 0.185 e. The van der Waals surface area contributed by atoms with Gasteiger partial charge in [0.1, 0.15) is 7.44 Å². The Kier molecular flexibility index (Phi) is 4.23. The predicted octanol–water partition coefficient (Wildman–Crippen LogP) is 0.585. The van der Waals surface area contributed by atoms with E-state index in [0.717, 1.165) is 0 Å². The first-order chi connectivity index (χ1) is 4.06. The van der Waals surface area contributed by atoms with E-state index in [1.165, 1.54) is 0 Å². The van der Waals surface area contributed by atoms with Gasteiger partial charge in [0.25, 0.3) is 0 Å². The van der Waals surface area contributed by atoms with Crippen LogP contribution in [0.2, 0.25) is 19.6 Å². The van der Waals surface area contributed by atoms with Gasteiger partial charge in [-0.1, -0.05) is 8.83 Å². The SMILES string of the molecule is [B][Si]#CCO[Si](C)(C)C. The summed E-state index contributed by atoms with van der Waals surface area (Å²) in [6, 6.07) is 0. The zero-order valence-corrected chi connectivity index (χ0v) is 8.19. The average Bonchev–Trinajstić information content (AvgIpc) is 1.63. The third-order valence-corrected chi connectivity index (χ3v) is 2.04. The second kappa shape index (κ2) is 4.12. The molecule has 2 radical (unpaired) electrons. The highest BCUT2D eigenvalue weighted by atomic mass is 28.4. The summed E-state index contributed by atoms with van der Waals surface area (Å²) >= 11 is 0. The normalized spacial score (nSPS) is 10.1. The van der Waals surface area contributed by atoms with Crippen molar-refractivity contribution < 1.29 is 4.43 Å². The van der Waals surface area contributed by atoms with Crippen LogP contribution in [0.15, 0.2) is 0 Å². The topological polar surface area (TPSA) is 9.23 Å². The molecule has 0 amide bonds. The minimum absolute atomic E-state index is 0.291. The Morgan fingerprint density at radius 3 is 2.44 bits per heavy atom. The van der Waals surface area contributed by atoms with Crippen molar-refractivity contribution in [1.82, 2.24) is 0 Å². The van der Waals surface area contributed by atoms with E-state index in [1.54, 1.807) is 0 Å². The Hall–Kier alpha value is 0.239. The maximum absolute atomic E-state index is 5.42. The third-order valence-electron chi connectivity index (χ3n) is 0.679. The second-order valence-corrected chi connectivity index (χ2v) is 7.88. The minimum Gasteiger partial charge on any atom is -0.407 e. The molecule has 0 aliphatic carbocycles. The van der Waals surface area contributed by atoms with E-state index in [0.29, 0.717) is 15.4 Å². The summed E-state index contributed by atoms with van der Waals surface area (Å²) in [7, 11) is 4.19. The van der Waals surface area contributed by atoms with E-state index in [-0.39, 0.29) is 0 Å². The van der Waals surface area contributed by atoms with Gasteiger partial charge in [-0.05, 0) is 19.6 Å². The zero-order chi connectivity index (χ0) is 7.33. The Balaban J connectivity index is 3.36. The molecule has 0 unspecified atom stereocenters. The van der Waals surface area contributed by atoms with Crippen molar-refractivity contribution in [2.45, 2.75) is 19.6 Å². The van der Waals surface area contributed by atoms with Crippen LogP contribution in [0.25, 0.3) is 0 Å². The molecule has 0 bridgehead atoms. The number of rotatable bonds is 2. The highest BCUT2D eigenvalue weighted by Gasteiger charge is 2.11. The highest BCUT2D eigenvalue weighted by Crippen LogP contribution is 2.00. The maximum atomic E-state index is 5.42. The van der Waals surface area contributed by atoms with E-state index in [1.807, 2.05) is 0 Å². The van der Waals surface area contributed by atoms with Crippen LogP contribution in [0, 0.1) is 5.50 Å². The quantitative estimate of drug-likeness (QED) is 0.529. The van der Waals surface area contributed by atoms with Crippen LogP contribution in [0.1, 0.15) is 0 Å². The molecule has 0 saturated carbocycles. The molecule has 4 heteroatoms. The summed E-state index contributed by atoms with van der Waals surface area (Å²) in [5.74, 6) is 0. The Morgan fingerprint density at radius 2 is 2.11 bits per heavy atom. The van der Waals surface area contributed by atoms with Gasteiger partial charge in [-0.3, -0.25) is 0 Å². The second-order valence-electron chi connectivity index (χ2n) is 2.72. The fraction of sp³-hybridized carbons (Fsp3) is 0.800. The van der Waals surface area contributed by atoms with Gasteiger partial charge in [-0.25, -0.2) is 0 Å². The van der Waals surface area contributed by atoms with Gasteiger partial charge in [0.2, 0.25) is 0 Å². The first kappa shape index (κ1) is 9.24.